The van der Waals surface area contributed by atoms with E-state index in [4.69, 9.17) is 9.47 Å². The number of esters is 1. The number of carbonyl (C=O) groups excluding carboxylic acids is 1. The van der Waals surface area contributed by atoms with Crippen molar-refractivity contribution in [3.05, 3.63) is 108 Å². The van der Waals surface area contributed by atoms with Gasteiger partial charge in [0.2, 0.25) is 0 Å². The summed E-state index contributed by atoms with van der Waals surface area (Å²) in [5.74, 6) is 0.188. The first kappa shape index (κ1) is 23.9. The Labute approximate surface area is 209 Å². The number of thiazole rings is 1. The molecule has 34 heavy (non-hydrogen) atoms. The van der Waals surface area contributed by atoms with Crippen molar-refractivity contribution >= 4 is 39.3 Å². The second-order valence-corrected chi connectivity index (χ2v) is 9.45. The summed E-state index contributed by atoms with van der Waals surface area (Å²) in [5, 5.41) is 0. The molecule has 8 heteroatoms. The Balaban J connectivity index is 1.88. The van der Waals surface area contributed by atoms with E-state index in [2.05, 4.69) is 27.5 Å². The molecule has 0 radical (unpaired) electrons. The highest BCUT2D eigenvalue weighted by Gasteiger charge is 2.33. The van der Waals surface area contributed by atoms with Crippen molar-refractivity contribution in [2.45, 2.75) is 19.9 Å². The summed E-state index contributed by atoms with van der Waals surface area (Å²) in [5.41, 5.74) is 2.34. The number of fused-ring (bicyclic) bond motifs is 1. The van der Waals surface area contributed by atoms with E-state index in [1.54, 1.807) is 24.5 Å². The molecule has 0 amide bonds. The molecule has 0 saturated carbocycles. The number of nitrogens with zero attached hydrogens (tertiary/aromatic N) is 2. The predicted molar refractivity (Wildman–Crippen MR) is 137 cm³/mol. The van der Waals surface area contributed by atoms with Crippen LogP contribution in [0.25, 0.3) is 6.08 Å². The van der Waals surface area contributed by atoms with Gasteiger partial charge >= 0.3 is 5.97 Å². The Morgan fingerprint density at radius 3 is 2.56 bits per heavy atom. The van der Waals surface area contributed by atoms with Crippen molar-refractivity contribution in [1.29, 1.82) is 0 Å². The SMILES string of the molecule is C=CCOc1ccc([C@H]2C(C(=O)OCC)=C(C)N=c3s/c(=C\c4ccc(Br)cc4)c(=O)n32)cc1. The van der Waals surface area contributed by atoms with Gasteiger partial charge in [-0.3, -0.25) is 9.36 Å². The van der Waals surface area contributed by atoms with Gasteiger partial charge in [-0.25, -0.2) is 9.79 Å². The molecule has 2 heterocycles. The Bertz CT molecular complexity index is 1430. The van der Waals surface area contributed by atoms with Gasteiger partial charge in [-0.1, -0.05) is 64.2 Å². The highest BCUT2D eigenvalue weighted by Crippen LogP contribution is 2.31. The van der Waals surface area contributed by atoms with Crippen molar-refractivity contribution in [3.63, 3.8) is 0 Å². The number of aromatic nitrogens is 1. The first-order valence-electron chi connectivity index (χ1n) is 10.7. The van der Waals surface area contributed by atoms with E-state index in [0.29, 0.717) is 33.0 Å². The number of halogens is 1. The molecule has 4 rings (SSSR count). The van der Waals surface area contributed by atoms with Crippen LogP contribution in [-0.4, -0.2) is 23.8 Å². The number of carbonyl (C=O) groups is 1. The number of rotatable bonds is 7. The minimum absolute atomic E-state index is 0.210. The number of allylic oxidation sites excluding steroid dienone is 1. The zero-order chi connectivity index (χ0) is 24.2. The summed E-state index contributed by atoms with van der Waals surface area (Å²) in [6, 6.07) is 14.4. The van der Waals surface area contributed by atoms with Gasteiger partial charge in [-0.2, -0.15) is 0 Å². The summed E-state index contributed by atoms with van der Waals surface area (Å²) >= 11 is 4.73. The van der Waals surface area contributed by atoms with E-state index >= 15 is 0 Å². The molecule has 1 aromatic heterocycles. The van der Waals surface area contributed by atoms with Crippen LogP contribution in [0, 0.1) is 0 Å². The Morgan fingerprint density at radius 1 is 1.21 bits per heavy atom. The van der Waals surface area contributed by atoms with Gasteiger partial charge in [0.15, 0.2) is 4.80 Å². The molecule has 174 valence electrons. The number of hydrogen-bond donors (Lipinski definition) is 0. The molecule has 6 nitrogen and oxygen atoms in total. The van der Waals surface area contributed by atoms with Crippen LogP contribution in [-0.2, 0) is 9.53 Å². The molecule has 1 aliphatic rings. The third kappa shape index (κ3) is 4.83. The van der Waals surface area contributed by atoms with Gasteiger partial charge in [0.1, 0.15) is 12.4 Å². The average molecular weight is 539 g/mol. The smallest absolute Gasteiger partial charge is 0.338 e. The van der Waals surface area contributed by atoms with Gasteiger partial charge in [0.05, 0.1) is 28.5 Å². The van der Waals surface area contributed by atoms with Crippen molar-refractivity contribution in [3.8, 4) is 5.75 Å². The minimum atomic E-state index is -0.657. The fourth-order valence-corrected chi connectivity index (χ4v) is 5.03. The van der Waals surface area contributed by atoms with Gasteiger partial charge in [-0.05, 0) is 55.3 Å². The van der Waals surface area contributed by atoms with E-state index in [1.807, 2.05) is 54.6 Å². The topological polar surface area (TPSA) is 69.9 Å². The van der Waals surface area contributed by atoms with E-state index < -0.39 is 12.0 Å². The van der Waals surface area contributed by atoms with Gasteiger partial charge in [0, 0.05) is 4.47 Å². The Hall–Kier alpha value is -3.23. The van der Waals surface area contributed by atoms with Crippen LogP contribution < -0.4 is 19.6 Å². The molecule has 1 aliphatic heterocycles. The summed E-state index contributed by atoms with van der Waals surface area (Å²) in [7, 11) is 0. The molecular weight excluding hydrogens is 516 g/mol. The number of hydrogen-bond acceptors (Lipinski definition) is 6. The molecule has 0 fully saturated rings. The molecule has 0 spiro atoms. The van der Waals surface area contributed by atoms with E-state index in [-0.39, 0.29) is 12.2 Å². The van der Waals surface area contributed by atoms with Gasteiger partial charge in [-0.15, -0.1) is 0 Å². The number of ether oxygens (including phenoxy) is 2. The van der Waals surface area contributed by atoms with Crippen molar-refractivity contribution in [2.75, 3.05) is 13.2 Å². The quantitative estimate of drug-likeness (QED) is 0.335. The van der Waals surface area contributed by atoms with Crippen LogP contribution in [0.4, 0.5) is 0 Å². The molecule has 0 unspecified atom stereocenters. The molecule has 0 saturated heterocycles. The monoisotopic (exact) mass is 538 g/mol. The maximum atomic E-state index is 13.6. The molecule has 3 aromatic rings. The average Bonchev–Trinajstić information content (AvgIpc) is 3.13. The molecule has 1 atom stereocenters. The summed E-state index contributed by atoms with van der Waals surface area (Å²) < 4.78 is 14.0. The third-order valence-electron chi connectivity index (χ3n) is 5.25. The van der Waals surface area contributed by atoms with Crippen molar-refractivity contribution < 1.29 is 14.3 Å². The summed E-state index contributed by atoms with van der Waals surface area (Å²) in [6.07, 6.45) is 3.51. The van der Waals surface area contributed by atoms with Crippen LogP contribution in [0.1, 0.15) is 31.0 Å². The summed E-state index contributed by atoms with van der Waals surface area (Å²) in [6.45, 7) is 7.79. The van der Waals surface area contributed by atoms with Crippen molar-refractivity contribution in [2.24, 2.45) is 4.99 Å². The second kappa shape index (κ2) is 10.4. The lowest BCUT2D eigenvalue weighted by Gasteiger charge is -2.24. The first-order valence-corrected chi connectivity index (χ1v) is 12.3. The second-order valence-electron chi connectivity index (χ2n) is 7.52. The molecule has 0 N–H and O–H groups in total. The number of benzene rings is 2. The van der Waals surface area contributed by atoms with Crippen LogP contribution in [0.3, 0.4) is 0 Å². The lowest BCUT2D eigenvalue weighted by Crippen LogP contribution is -2.39. The van der Waals surface area contributed by atoms with E-state index in [9.17, 15) is 9.59 Å². The van der Waals surface area contributed by atoms with Crippen LogP contribution in [0.2, 0.25) is 0 Å². The van der Waals surface area contributed by atoms with Crippen LogP contribution >= 0.6 is 27.3 Å². The zero-order valence-electron chi connectivity index (χ0n) is 18.8. The highest BCUT2D eigenvalue weighted by atomic mass is 79.9. The van der Waals surface area contributed by atoms with E-state index in [0.717, 1.165) is 15.6 Å². The van der Waals surface area contributed by atoms with Crippen LogP contribution in [0.15, 0.2) is 86.7 Å². The zero-order valence-corrected chi connectivity index (χ0v) is 21.2. The molecular formula is C26H23BrN2O4S. The first-order chi connectivity index (χ1) is 16.4. The predicted octanol–water partition coefficient (Wildman–Crippen LogP) is 4.13. The fourth-order valence-electron chi connectivity index (χ4n) is 3.72. The Morgan fingerprint density at radius 2 is 1.91 bits per heavy atom. The largest absolute Gasteiger partial charge is 0.490 e. The third-order valence-corrected chi connectivity index (χ3v) is 6.76. The standard InChI is InChI=1S/C26H23BrN2O4S/c1-4-14-33-20-12-8-18(9-13-20)23-22(25(31)32-5-2)16(3)28-26-29(23)24(30)21(34-26)15-17-6-10-19(27)11-7-17/h4,6-13,15,23H,1,5,14H2,2-3H3/b21-15-/t23-/m0/s1. The molecule has 0 bridgehead atoms. The van der Waals surface area contributed by atoms with Crippen LogP contribution in [0.5, 0.6) is 5.75 Å². The molecule has 2 aromatic carbocycles. The normalized spacial score (nSPS) is 15.5. The van der Waals surface area contributed by atoms with Gasteiger partial charge < -0.3 is 9.47 Å². The molecule has 0 aliphatic carbocycles. The minimum Gasteiger partial charge on any atom is -0.490 e. The lowest BCUT2D eigenvalue weighted by atomic mass is 9.96. The lowest BCUT2D eigenvalue weighted by molar-refractivity contribution is -0.139. The highest BCUT2D eigenvalue weighted by molar-refractivity contribution is 9.10. The maximum absolute atomic E-state index is 13.6. The van der Waals surface area contributed by atoms with Gasteiger partial charge in [0.25, 0.3) is 5.56 Å². The van der Waals surface area contributed by atoms with E-state index in [1.165, 1.54) is 11.3 Å². The fraction of sp³-hybridized carbons (Fsp3) is 0.192. The maximum Gasteiger partial charge on any atom is 0.338 e. The summed E-state index contributed by atoms with van der Waals surface area (Å²) in [4.78, 5) is 31.7. The Kier molecular flexibility index (Phi) is 7.29. The van der Waals surface area contributed by atoms with Crippen molar-refractivity contribution in [1.82, 2.24) is 4.57 Å².